The molecule has 0 spiro atoms. The molecule has 0 unspecified atom stereocenters. The van der Waals surface area contributed by atoms with E-state index in [0.29, 0.717) is 19.4 Å². The van der Waals surface area contributed by atoms with Crippen LogP contribution in [-0.2, 0) is 30.3 Å². The van der Waals surface area contributed by atoms with Gasteiger partial charge in [-0.1, -0.05) is 30.3 Å². The number of nitrogens with one attached hydrogen (secondary N) is 2. The number of carbonyl (C=O) groups excluding carboxylic acids is 3. The predicted octanol–water partition coefficient (Wildman–Crippen LogP) is -0.457. The molecule has 0 aromatic heterocycles. The zero-order chi connectivity index (χ0) is 18.9. The van der Waals surface area contributed by atoms with Crippen molar-refractivity contribution in [2.24, 2.45) is 0 Å². The number of ether oxygens (including phenoxy) is 2. The Morgan fingerprint density at radius 3 is 2.62 bits per heavy atom. The Balaban J connectivity index is 1.96. The number of hydrogen-bond donors (Lipinski definition) is 3. The van der Waals surface area contributed by atoms with Crippen molar-refractivity contribution in [1.29, 1.82) is 0 Å². The Labute approximate surface area is 151 Å². The van der Waals surface area contributed by atoms with Crippen molar-refractivity contribution in [3.05, 3.63) is 35.9 Å². The maximum absolute atomic E-state index is 12.4. The van der Waals surface area contributed by atoms with E-state index in [4.69, 9.17) is 14.6 Å². The maximum atomic E-state index is 12.4. The van der Waals surface area contributed by atoms with Gasteiger partial charge in [0.1, 0.15) is 6.04 Å². The first-order valence-corrected chi connectivity index (χ1v) is 8.61. The Bertz CT molecular complexity index is 621. The van der Waals surface area contributed by atoms with Crippen LogP contribution < -0.4 is 10.6 Å². The fourth-order valence-corrected chi connectivity index (χ4v) is 2.44. The van der Waals surface area contributed by atoms with Crippen LogP contribution in [-0.4, -0.2) is 60.9 Å². The minimum absolute atomic E-state index is 0.0346. The number of amides is 2. The van der Waals surface area contributed by atoms with E-state index in [1.165, 1.54) is 0 Å². The Kier molecular flexibility index (Phi) is 7.55. The monoisotopic (exact) mass is 364 g/mol. The largest absolute Gasteiger partial charge is 0.464 e. The van der Waals surface area contributed by atoms with Crippen molar-refractivity contribution in [2.45, 2.75) is 38.0 Å². The van der Waals surface area contributed by atoms with Gasteiger partial charge in [0.15, 0.2) is 12.2 Å². The number of aliphatic hydroxyl groups is 1. The van der Waals surface area contributed by atoms with Gasteiger partial charge in [-0.05, 0) is 18.9 Å². The van der Waals surface area contributed by atoms with Crippen molar-refractivity contribution < 1.29 is 29.0 Å². The molecular formula is C18H24N2O6. The Morgan fingerprint density at radius 1 is 1.23 bits per heavy atom. The summed E-state index contributed by atoms with van der Waals surface area (Å²) in [4.78, 5) is 36.2. The SMILES string of the molecule is CCOC(=O)[C@H]1O[C@@H]1C(=O)N[C@@H](Cc1ccccc1)C(=O)NCCCO. The quantitative estimate of drug-likeness (QED) is 0.294. The molecule has 1 aliphatic heterocycles. The lowest BCUT2D eigenvalue weighted by Gasteiger charge is -2.18. The summed E-state index contributed by atoms with van der Waals surface area (Å²) < 4.78 is 9.88. The van der Waals surface area contributed by atoms with Crippen LogP contribution in [0.25, 0.3) is 0 Å². The lowest BCUT2D eigenvalue weighted by atomic mass is 10.0. The number of aliphatic hydroxyl groups excluding tert-OH is 1. The van der Waals surface area contributed by atoms with Crippen LogP contribution in [0, 0.1) is 0 Å². The van der Waals surface area contributed by atoms with Crippen LogP contribution >= 0.6 is 0 Å². The molecule has 8 nitrogen and oxygen atoms in total. The van der Waals surface area contributed by atoms with Gasteiger partial charge in [0.2, 0.25) is 5.91 Å². The first-order valence-electron chi connectivity index (χ1n) is 8.61. The molecule has 2 amide bonds. The summed E-state index contributed by atoms with van der Waals surface area (Å²) in [6.07, 6.45) is -1.12. The summed E-state index contributed by atoms with van der Waals surface area (Å²) in [6.45, 7) is 2.15. The molecule has 0 bridgehead atoms. The van der Waals surface area contributed by atoms with Gasteiger partial charge in [-0.25, -0.2) is 4.79 Å². The van der Waals surface area contributed by atoms with E-state index in [0.717, 1.165) is 5.56 Å². The molecule has 8 heteroatoms. The zero-order valence-corrected chi connectivity index (χ0v) is 14.6. The second-order valence-electron chi connectivity index (χ2n) is 5.85. The molecule has 1 aromatic carbocycles. The highest BCUT2D eigenvalue weighted by molar-refractivity contribution is 5.95. The minimum Gasteiger partial charge on any atom is -0.464 e. The van der Waals surface area contributed by atoms with Gasteiger partial charge >= 0.3 is 5.97 Å². The number of benzene rings is 1. The van der Waals surface area contributed by atoms with Gasteiger partial charge in [0.25, 0.3) is 5.91 Å². The molecule has 1 aliphatic rings. The summed E-state index contributed by atoms with van der Waals surface area (Å²) in [7, 11) is 0. The fourth-order valence-electron chi connectivity index (χ4n) is 2.44. The van der Waals surface area contributed by atoms with Crippen molar-refractivity contribution in [1.82, 2.24) is 10.6 Å². The molecule has 0 aliphatic carbocycles. The number of hydrogen-bond acceptors (Lipinski definition) is 6. The van der Waals surface area contributed by atoms with Crippen molar-refractivity contribution in [3.8, 4) is 0 Å². The van der Waals surface area contributed by atoms with Crippen LogP contribution in [0.15, 0.2) is 30.3 Å². The normalized spacial score (nSPS) is 19.3. The fraction of sp³-hybridized carbons (Fsp3) is 0.500. The second-order valence-corrected chi connectivity index (χ2v) is 5.85. The molecule has 1 saturated heterocycles. The molecule has 142 valence electrons. The van der Waals surface area contributed by atoms with Crippen LogP contribution in [0.3, 0.4) is 0 Å². The van der Waals surface area contributed by atoms with E-state index in [-0.39, 0.29) is 19.1 Å². The third kappa shape index (κ3) is 5.82. The highest BCUT2D eigenvalue weighted by Gasteiger charge is 2.52. The summed E-state index contributed by atoms with van der Waals surface area (Å²) >= 11 is 0. The van der Waals surface area contributed by atoms with E-state index in [1.807, 2.05) is 30.3 Å². The van der Waals surface area contributed by atoms with Gasteiger partial charge in [-0.2, -0.15) is 0 Å². The first kappa shape index (κ1) is 19.9. The molecule has 1 fully saturated rings. The average Bonchev–Trinajstić information content (AvgIpc) is 3.43. The predicted molar refractivity (Wildman–Crippen MR) is 92.1 cm³/mol. The lowest BCUT2D eigenvalue weighted by molar-refractivity contribution is -0.144. The van der Waals surface area contributed by atoms with Crippen molar-refractivity contribution >= 4 is 17.8 Å². The molecule has 1 aromatic rings. The summed E-state index contributed by atoms with van der Waals surface area (Å²) in [5.74, 6) is -1.47. The van der Waals surface area contributed by atoms with Crippen LogP contribution in [0.5, 0.6) is 0 Å². The molecule has 1 heterocycles. The minimum atomic E-state index is -0.933. The molecule has 0 radical (unpaired) electrons. The zero-order valence-electron chi connectivity index (χ0n) is 14.6. The van der Waals surface area contributed by atoms with Gasteiger partial charge < -0.3 is 25.2 Å². The Morgan fingerprint density at radius 2 is 1.96 bits per heavy atom. The van der Waals surface area contributed by atoms with Crippen molar-refractivity contribution in [2.75, 3.05) is 19.8 Å². The molecule has 3 N–H and O–H groups in total. The van der Waals surface area contributed by atoms with Crippen LogP contribution in [0.4, 0.5) is 0 Å². The average molecular weight is 364 g/mol. The van der Waals surface area contributed by atoms with Gasteiger partial charge in [0.05, 0.1) is 6.61 Å². The van der Waals surface area contributed by atoms with Crippen LogP contribution in [0.1, 0.15) is 18.9 Å². The molecule has 26 heavy (non-hydrogen) atoms. The van der Waals surface area contributed by atoms with E-state index in [1.54, 1.807) is 6.92 Å². The number of carbonyl (C=O) groups is 3. The maximum Gasteiger partial charge on any atom is 0.338 e. The van der Waals surface area contributed by atoms with E-state index >= 15 is 0 Å². The third-order valence-electron chi connectivity index (χ3n) is 3.82. The second kappa shape index (κ2) is 9.88. The number of rotatable bonds is 10. The van der Waals surface area contributed by atoms with Gasteiger partial charge in [0, 0.05) is 19.6 Å². The molecule has 0 saturated carbocycles. The Hall–Kier alpha value is -2.45. The van der Waals surface area contributed by atoms with Crippen LogP contribution in [0.2, 0.25) is 0 Å². The topological polar surface area (TPSA) is 117 Å². The van der Waals surface area contributed by atoms with Gasteiger partial charge in [-0.15, -0.1) is 0 Å². The van der Waals surface area contributed by atoms with Crippen molar-refractivity contribution in [3.63, 3.8) is 0 Å². The summed E-state index contributed by atoms with van der Waals surface area (Å²) in [5.41, 5.74) is 0.883. The molecule has 3 atom stereocenters. The summed E-state index contributed by atoms with van der Waals surface area (Å²) in [5, 5.41) is 14.1. The highest BCUT2D eigenvalue weighted by Crippen LogP contribution is 2.23. The molecular weight excluding hydrogens is 340 g/mol. The van der Waals surface area contributed by atoms with Gasteiger partial charge in [-0.3, -0.25) is 9.59 Å². The lowest BCUT2D eigenvalue weighted by Crippen LogP contribution is -2.49. The number of epoxide rings is 1. The molecule has 2 rings (SSSR count). The standard InChI is InChI=1S/C18H24N2O6/c1-2-25-18(24)15-14(26-15)17(23)20-13(16(22)19-9-6-10-21)11-12-7-4-3-5-8-12/h3-5,7-8,13-15,21H,2,6,9-11H2,1H3,(H,19,22)(H,20,23)/t13-,14-,15-/m0/s1. The van der Waals surface area contributed by atoms with E-state index < -0.39 is 30.1 Å². The summed E-state index contributed by atoms with van der Waals surface area (Å²) in [6, 6.07) is 8.46. The first-order chi connectivity index (χ1) is 12.6. The third-order valence-corrected chi connectivity index (χ3v) is 3.82. The van der Waals surface area contributed by atoms with E-state index in [9.17, 15) is 14.4 Å². The van der Waals surface area contributed by atoms with E-state index in [2.05, 4.69) is 10.6 Å². The highest BCUT2D eigenvalue weighted by atomic mass is 16.6. The smallest absolute Gasteiger partial charge is 0.338 e. The number of esters is 1.